The van der Waals surface area contributed by atoms with Crippen LogP contribution in [-0.4, -0.2) is 92.7 Å². The Morgan fingerprint density at radius 3 is 1.22 bits per heavy atom. The van der Waals surface area contributed by atoms with E-state index < -0.39 is 9.84 Å². The van der Waals surface area contributed by atoms with E-state index >= 15 is 0 Å². The largest absolute Gasteiger partial charge is 0.494 e. The monoisotopic (exact) mass is 973 g/mol. The van der Waals surface area contributed by atoms with Gasteiger partial charge in [0.1, 0.15) is 23.0 Å². The smallest absolute Gasteiger partial charge is 0.311 e. The molecule has 378 valence electrons. The van der Waals surface area contributed by atoms with Crippen molar-refractivity contribution in [2.24, 2.45) is 10.8 Å². The fraction of sp³-hybridized carbons (Fsp3) is 0.536. The molecule has 4 aromatic carbocycles. The maximum atomic E-state index is 12.1. The lowest BCUT2D eigenvalue weighted by Gasteiger charge is -2.40. The van der Waals surface area contributed by atoms with Gasteiger partial charge in [0, 0.05) is 43.1 Å². The first-order chi connectivity index (χ1) is 33.4. The van der Waals surface area contributed by atoms with Gasteiger partial charge >= 0.3 is 11.9 Å². The van der Waals surface area contributed by atoms with Gasteiger partial charge in [0.25, 0.3) is 0 Å². The number of unbranched alkanes of at least 4 members (excludes halogenated alkanes) is 6. The minimum atomic E-state index is -3.27. The van der Waals surface area contributed by atoms with Crippen LogP contribution in [-0.2, 0) is 51.2 Å². The zero-order valence-corrected chi connectivity index (χ0v) is 42.3. The Hall–Kier alpha value is -4.79. The van der Waals surface area contributed by atoms with E-state index in [0.717, 1.165) is 158 Å². The van der Waals surface area contributed by atoms with Crippen LogP contribution in [0.25, 0.3) is 0 Å². The minimum absolute atomic E-state index is 0.190. The third kappa shape index (κ3) is 20.6. The first kappa shape index (κ1) is 55.1. The highest BCUT2D eigenvalue weighted by Crippen LogP contribution is 2.32. The third-order valence-electron chi connectivity index (χ3n) is 12.7. The van der Waals surface area contributed by atoms with E-state index in [9.17, 15) is 18.0 Å². The summed E-state index contributed by atoms with van der Waals surface area (Å²) in [5.41, 5.74) is 3.81. The average Bonchev–Trinajstić information content (AvgIpc) is 3.32. The van der Waals surface area contributed by atoms with Gasteiger partial charge in [-0.3, -0.25) is 9.59 Å². The summed E-state index contributed by atoms with van der Waals surface area (Å²) >= 11 is 0. The minimum Gasteiger partial charge on any atom is -0.494 e. The number of carbonyl (C=O) groups excluding carboxylic acids is 2. The lowest BCUT2D eigenvalue weighted by Crippen LogP contribution is -2.45. The molecule has 13 heteroatoms. The van der Waals surface area contributed by atoms with Crippen LogP contribution in [0.15, 0.2) is 102 Å². The number of aryl methyl sites for hydroxylation is 3. The molecule has 0 unspecified atom stereocenters. The lowest BCUT2D eigenvalue weighted by molar-refractivity contribution is -0.150. The Balaban J connectivity index is 0.000000258. The fourth-order valence-corrected chi connectivity index (χ4v) is 8.19. The number of esters is 2. The molecule has 2 fully saturated rings. The zero-order valence-electron chi connectivity index (χ0n) is 41.5. The summed E-state index contributed by atoms with van der Waals surface area (Å²) in [6.07, 6.45) is 13.9. The van der Waals surface area contributed by atoms with E-state index in [2.05, 4.69) is 13.8 Å². The number of hydrogen-bond acceptors (Lipinski definition) is 12. The van der Waals surface area contributed by atoms with E-state index in [1.807, 2.05) is 79.7 Å². The van der Waals surface area contributed by atoms with Crippen LogP contribution < -0.4 is 18.9 Å². The van der Waals surface area contributed by atoms with Crippen molar-refractivity contribution < 1.29 is 55.9 Å². The Kier molecular flexibility index (Phi) is 23.5. The van der Waals surface area contributed by atoms with E-state index in [1.165, 1.54) is 24.3 Å². The highest BCUT2D eigenvalue weighted by Gasteiger charge is 2.37. The van der Waals surface area contributed by atoms with Crippen molar-refractivity contribution in [2.75, 3.05) is 72.3 Å². The van der Waals surface area contributed by atoms with Crippen molar-refractivity contribution >= 4 is 21.8 Å². The Morgan fingerprint density at radius 2 is 0.870 bits per heavy atom. The SMILES string of the molecule is CCC1(COCCCCCCOc2ccc(CCC(=O)Oc3ccc(C)cc3)cc2)COC1.CCC1(COCCCCCCOc2ccc(CCC(=O)Oc3ccc(S(C)(=O)=O)cc3)cc2)COC1. The maximum absolute atomic E-state index is 12.1. The van der Waals surface area contributed by atoms with Gasteiger partial charge in [-0.1, -0.05) is 68.7 Å². The van der Waals surface area contributed by atoms with Gasteiger partial charge in [0.2, 0.25) is 0 Å². The van der Waals surface area contributed by atoms with Crippen molar-refractivity contribution in [3.05, 3.63) is 114 Å². The van der Waals surface area contributed by atoms with Crippen molar-refractivity contribution in [3.8, 4) is 23.0 Å². The molecular formula is C56H76O12S. The Labute approximate surface area is 411 Å². The third-order valence-corrected chi connectivity index (χ3v) is 13.8. The predicted molar refractivity (Wildman–Crippen MR) is 268 cm³/mol. The molecule has 0 radical (unpaired) electrons. The summed E-state index contributed by atoms with van der Waals surface area (Å²) in [4.78, 5) is 24.3. The molecule has 0 amide bonds. The Morgan fingerprint density at radius 1 is 0.507 bits per heavy atom. The second kappa shape index (κ2) is 29.4. The van der Waals surface area contributed by atoms with Crippen LogP contribution in [0.1, 0.15) is 108 Å². The highest BCUT2D eigenvalue weighted by atomic mass is 32.2. The molecule has 0 N–H and O–H groups in total. The topological polar surface area (TPSA) is 142 Å². The molecule has 0 saturated carbocycles. The summed E-state index contributed by atoms with van der Waals surface area (Å²) < 4.78 is 67.7. The first-order valence-electron chi connectivity index (χ1n) is 24.9. The molecule has 0 aromatic heterocycles. The second-order valence-corrected chi connectivity index (χ2v) is 20.6. The molecule has 2 heterocycles. The van der Waals surface area contributed by atoms with Crippen LogP contribution in [0.4, 0.5) is 0 Å². The fourth-order valence-electron chi connectivity index (χ4n) is 7.56. The maximum Gasteiger partial charge on any atom is 0.311 e. The van der Waals surface area contributed by atoms with Crippen LogP contribution >= 0.6 is 0 Å². The molecule has 6 rings (SSSR count). The molecular weight excluding hydrogens is 897 g/mol. The summed E-state index contributed by atoms with van der Waals surface area (Å²) in [7, 11) is -3.27. The number of sulfone groups is 1. The van der Waals surface area contributed by atoms with Crippen LogP contribution in [0, 0.1) is 17.8 Å². The van der Waals surface area contributed by atoms with Crippen LogP contribution in [0.3, 0.4) is 0 Å². The predicted octanol–water partition coefficient (Wildman–Crippen LogP) is 10.9. The van der Waals surface area contributed by atoms with Gasteiger partial charge in [-0.25, -0.2) is 8.42 Å². The van der Waals surface area contributed by atoms with Crippen molar-refractivity contribution in [1.29, 1.82) is 0 Å². The quantitative estimate of drug-likeness (QED) is 0.0269. The summed E-state index contributed by atoms with van der Waals surface area (Å²) in [5.74, 6) is 2.04. The van der Waals surface area contributed by atoms with Crippen LogP contribution in [0.5, 0.6) is 23.0 Å². The molecule has 12 nitrogen and oxygen atoms in total. The summed E-state index contributed by atoms with van der Waals surface area (Å²) in [6, 6.07) is 29.1. The van der Waals surface area contributed by atoms with Gasteiger partial charge in [0.05, 0.1) is 57.8 Å². The molecule has 0 spiro atoms. The van der Waals surface area contributed by atoms with Gasteiger partial charge in [-0.15, -0.1) is 0 Å². The summed E-state index contributed by atoms with van der Waals surface area (Å²) in [5, 5.41) is 0. The first-order valence-corrected chi connectivity index (χ1v) is 26.8. The molecule has 0 aliphatic carbocycles. The standard InChI is InChI=1S/C28H38O7S.C28H38O5/c1-3-28(21-33-22-28)20-32-18-6-4-5-7-19-34-24-11-8-23(9-12-24)10-17-27(29)35-25-13-15-26(16-14-25)36(2,30)31;1-3-28(21-31-22-28)20-30-18-6-4-5-7-19-32-25-15-10-24(11-16-25)12-17-27(29)33-26-13-8-23(2)9-14-26/h8-9,11-16H,3-7,10,17-22H2,1-2H3;8-11,13-16H,3-7,12,17-22H2,1-2H3. The van der Waals surface area contributed by atoms with Crippen molar-refractivity contribution in [1.82, 2.24) is 0 Å². The van der Waals surface area contributed by atoms with Crippen molar-refractivity contribution in [2.45, 2.75) is 116 Å². The van der Waals surface area contributed by atoms with Gasteiger partial charge in [-0.2, -0.15) is 0 Å². The van der Waals surface area contributed by atoms with Gasteiger partial charge in [-0.05, 0) is 143 Å². The van der Waals surface area contributed by atoms with Crippen molar-refractivity contribution in [3.63, 3.8) is 0 Å². The van der Waals surface area contributed by atoms with E-state index in [-0.39, 0.29) is 34.1 Å². The second-order valence-electron chi connectivity index (χ2n) is 18.6. The number of carbonyl (C=O) groups is 2. The van der Waals surface area contributed by atoms with Crippen LogP contribution in [0.2, 0.25) is 0 Å². The van der Waals surface area contributed by atoms with Gasteiger partial charge in [0.15, 0.2) is 9.84 Å². The van der Waals surface area contributed by atoms with E-state index in [4.69, 9.17) is 37.9 Å². The lowest BCUT2D eigenvalue weighted by atomic mass is 9.84. The average molecular weight is 973 g/mol. The number of rotatable bonds is 31. The molecule has 0 atom stereocenters. The molecule has 4 aromatic rings. The number of hydrogen-bond donors (Lipinski definition) is 0. The highest BCUT2D eigenvalue weighted by molar-refractivity contribution is 7.90. The molecule has 2 aliphatic heterocycles. The van der Waals surface area contributed by atoms with E-state index in [1.54, 1.807) is 0 Å². The number of benzene rings is 4. The number of ether oxygens (including phenoxy) is 8. The zero-order chi connectivity index (χ0) is 49.2. The van der Waals surface area contributed by atoms with Gasteiger partial charge < -0.3 is 37.9 Å². The molecule has 2 saturated heterocycles. The molecule has 2 aliphatic rings. The molecule has 69 heavy (non-hydrogen) atoms. The molecule has 0 bridgehead atoms. The Bertz CT molecular complexity index is 2170. The summed E-state index contributed by atoms with van der Waals surface area (Å²) in [6.45, 7) is 14.5. The normalized spacial score (nSPS) is 14.6. The van der Waals surface area contributed by atoms with E-state index in [0.29, 0.717) is 37.4 Å².